The quantitative estimate of drug-likeness (QED) is 0.632. The van der Waals surface area contributed by atoms with Crippen molar-refractivity contribution in [2.75, 3.05) is 6.54 Å². The Labute approximate surface area is 75.6 Å². The molecule has 0 aromatic rings. The van der Waals surface area contributed by atoms with Gasteiger partial charge in [-0.15, -0.1) is 0 Å². The summed E-state index contributed by atoms with van der Waals surface area (Å²) in [4.78, 5) is 0. The van der Waals surface area contributed by atoms with Gasteiger partial charge in [-0.1, -0.05) is 18.6 Å². The van der Waals surface area contributed by atoms with Crippen molar-refractivity contribution >= 4 is 0 Å². The molecule has 0 bridgehead atoms. The molecule has 1 N–H and O–H groups in total. The van der Waals surface area contributed by atoms with Gasteiger partial charge in [0, 0.05) is 6.54 Å². The summed E-state index contributed by atoms with van der Waals surface area (Å²) >= 11 is 0. The monoisotopic (exact) mass is 165 g/mol. The maximum atomic E-state index is 3.31. The van der Waals surface area contributed by atoms with Gasteiger partial charge in [-0.25, -0.2) is 0 Å². The number of hydrogen-bond donors (Lipinski definition) is 1. The molecule has 12 heavy (non-hydrogen) atoms. The van der Waals surface area contributed by atoms with Crippen molar-refractivity contribution in [2.24, 2.45) is 11.8 Å². The zero-order valence-corrected chi connectivity index (χ0v) is 8.30. The van der Waals surface area contributed by atoms with E-state index in [-0.39, 0.29) is 0 Å². The molecule has 1 unspecified atom stereocenters. The van der Waals surface area contributed by atoms with Crippen molar-refractivity contribution in [3.8, 4) is 0 Å². The van der Waals surface area contributed by atoms with Gasteiger partial charge in [0.25, 0.3) is 0 Å². The highest BCUT2D eigenvalue weighted by molar-refractivity contribution is 5.07. The van der Waals surface area contributed by atoms with Crippen molar-refractivity contribution < 1.29 is 0 Å². The van der Waals surface area contributed by atoms with Gasteiger partial charge in [-0.3, -0.25) is 0 Å². The molecule has 0 aliphatic heterocycles. The number of hydrogen-bond acceptors (Lipinski definition) is 1. The molecule has 1 heteroatoms. The molecule has 2 atom stereocenters. The Bertz CT molecular complexity index is 187. The van der Waals surface area contributed by atoms with Crippen molar-refractivity contribution in [1.82, 2.24) is 5.32 Å². The third-order valence-corrected chi connectivity index (χ3v) is 2.30. The Morgan fingerprint density at radius 3 is 2.67 bits per heavy atom. The molecule has 0 aromatic heterocycles. The Morgan fingerprint density at radius 2 is 2.17 bits per heavy atom. The lowest BCUT2D eigenvalue weighted by Crippen LogP contribution is -2.09. The Balaban J connectivity index is 2.02. The van der Waals surface area contributed by atoms with E-state index in [9.17, 15) is 0 Å². The summed E-state index contributed by atoms with van der Waals surface area (Å²) in [5, 5.41) is 3.31. The van der Waals surface area contributed by atoms with Gasteiger partial charge in [0.15, 0.2) is 0 Å². The minimum atomic E-state index is 0.932. The van der Waals surface area contributed by atoms with Crippen molar-refractivity contribution in [2.45, 2.75) is 27.2 Å². The summed E-state index contributed by atoms with van der Waals surface area (Å²) in [7, 11) is 0. The van der Waals surface area contributed by atoms with Crippen LogP contribution >= 0.6 is 0 Å². The van der Waals surface area contributed by atoms with Crippen LogP contribution in [0.25, 0.3) is 0 Å². The van der Waals surface area contributed by atoms with Crippen LogP contribution in [0.4, 0.5) is 0 Å². The molecule has 0 saturated heterocycles. The van der Waals surface area contributed by atoms with E-state index >= 15 is 0 Å². The second-order valence-corrected chi connectivity index (χ2v) is 3.98. The van der Waals surface area contributed by atoms with Gasteiger partial charge in [-0.2, -0.15) is 0 Å². The molecule has 0 aromatic carbocycles. The van der Waals surface area contributed by atoms with E-state index < -0.39 is 0 Å². The predicted molar refractivity (Wildman–Crippen MR) is 53.8 cm³/mol. The van der Waals surface area contributed by atoms with E-state index in [0.717, 1.165) is 18.4 Å². The second kappa shape index (κ2) is 4.34. The van der Waals surface area contributed by atoms with E-state index in [4.69, 9.17) is 0 Å². The molecule has 1 aliphatic rings. The van der Waals surface area contributed by atoms with Gasteiger partial charge in [0.05, 0.1) is 0 Å². The zero-order valence-electron chi connectivity index (χ0n) is 8.30. The molecule has 1 saturated carbocycles. The first-order valence-electron chi connectivity index (χ1n) is 4.73. The van der Waals surface area contributed by atoms with Gasteiger partial charge in [-0.05, 0) is 44.4 Å². The molecule has 0 spiro atoms. The van der Waals surface area contributed by atoms with E-state index in [2.05, 4.69) is 38.2 Å². The first kappa shape index (κ1) is 9.37. The average Bonchev–Trinajstić information content (AvgIpc) is 2.65. The van der Waals surface area contributed by atoms with Gasteiger partial charge < -0.3 is 5.32 Å². The van der Waals surface area contributed by atoms with E-state index in [0.29, 0.717) is 0 Å². The van der Waals surface area contributed by atoms with E-state index in [1.165, 1.54) is 12.0 Å². The number of allylic oxidation sites excluding steroid dienone is 3. The van der Waals surface area contributed by atoms with Crippen LogP contribution in [-0.4, -0.2) is 6.54 Å². The van der Waals surface area contributed by atoms with Crippen molar-refractivity contribution in [1.29, 1.82) is 0 Å². The molecule has 1 fully saturated rings. The van der Waals surface area contributed by atoms with Crippen LogP contribution in [0.2, 0.25) is 0 Å². The Kier molecular flexibility index (Phi) is 3.39. The van der Waals surface area contributed by atoms with Crippen LogP contribution in [0.5, 0.6) is 0 Å². The van der Waals surface area contributed by atoms with Gasteiger partial charge in [0.2, 0.25) is 0 Å². The SMILES string of the molecule is CC(C)=C/C=C\NCC1C[C@@H]1C. The lowest BCUT2D eigenvalue weighted by Gasteiger charge is -1.96. The summed E-state index contributed by atoms with van der Waals surface area (Å²) in [5.74, 6) is 1.88. The Hall–Kier alpha value is -0.720. The molecule has 68 valence electrons. The Morgan fingerprint density at radius 1 is 1.50 bits per heavy atom. The molecular formula is C11H19N. The molecule has 0 radical (unpaired) electrons. The summed E-state index contributed by atoms with van der Waals surface area (Å²) in [5.41, 5.74) is 1.34. The summed E-state index contributed by atoms with van der Waals surface area (Å²) in [6.07, 6.45) is 7.63. The maximum absolute atomic E-state index is 3.31. The topological polar surface area (TPSA) is 12.0 Å². The fourth-order valence-electron chi connectivity index (χ4n) is 1.21. The predicted octanol–water partition coefficient (Wildman–Crippen LogP) is 2.71. The summed E-state index contributed by atoms with van der Waals surface area (Å²) < 4.78 is 0. The molecule has 1 rings (SSSR count). The van der Waals surface area contributed by atoms with Crippen molar-refractivity contribution in [3.05, 3.63) is 23.9 Å². The molecule has 0 heterocycles. The third-order valence-electron chi connectivity index (χ3n) is 2.30. The lowest BCUT2D eigenvalue weighted by atomic mass is 10.3. The standard InChI is InChI=1S/C11H19N/c1-9(2)5-4-6-12-8-11-7-10(11)3/h4-6,10-12H,7-8H2,1-3H3/b6-4-/t10-,11?/m0/s1. The van der Waals surface area contributed by atoms with E-state index in [1.54, 1.807) is 0 Å². The molecule has 0 amide bonds. The van der Waals surface area contributed by atoms with Gasteiger partial charge >= 0.3 is 0 Å². The van der Waals surface area contributed by atoms with Crippen LogP contribution in [0.1, 0.15) is 27.2 Å². The second-order valence-electron chi connectivity index (χ2n) is 3.98. The third kappa shape index (κ3) is 3.61. The van der Waals surface area contributed by atoms with Gasteiger partial charge in [0.1, 0.15) is 0 Å². The first-order chi connectivity index (χ1) is 5.70. The largest absolute Gasteiger partial charge is 0.391 e. The fourth-order valence-corrected chi connectivity index (χ4v) is 1.21. The molecule has 1 aliphatic carbocycles. The fraction of sp³-hybridized carbons (Fsp3) is 0.636. The average molecular weight is 165 g/mol. The highest BCUT2D eigenvalue weighted by atomic mass is 14.8. The highest BCUT2D eigenvalue weighted by Crippen LogP contribution is 2.36. The summed E-state index contributed by atoms with van der Waals surface area (Å²) in [6.45, 7) is 7.67. The van der Waals surface area contributed by atoms with Crippen LogP contribution in [-0.2, 0) is 0 Å². The molecule has 1 nitrogen and oxygen atoms in total. The lowest BCUT2D eigenvalue weighted by molar-refractivity contribution is 0.694. The first-order valence-corrected chi connectivity index (χ1v) is 4.73. The minimum Gasteiger partial charge on any atom is -0.391 e. The van der Waals surface area contributed by atoms with Crippen LogP contribution < -0.4 is 5.32 Å². The summed E-state index contributed by atoms with van der Waals surface area (Å²) in [6, 6.07) is 0. The van der Waals surface area contributed by atoms with Crippen LogP contribution in [0.15, 0.2) is 23.9 Å². The highest BCUT2D eigenvalue weighted by Gasteiger charge is 2.31. The number of rotatable bonds is 4. The number of nitrogens with one attached hydrogen (secondary N) is 1. The van der Waals surface area contributed by atoms with Crippen molar-refractivity contribution in [3.63, 3.8) is 0 Å². The minimum absolute atomic E-state index is 0.932. The molecular weight excluding hydrogens is 146 g/mol. The van der Waals surface area contributed by atoms with E-state index in [1.807, 2.05) is 6.20 Å². The van der Waals surface area contributed by atoms with Crippen LogP contribution in [0, 0.1) is 11.8 Å². The normalized spacial score (nSPS) is 27.2. The smallest absolute Gasteiger partial charge is 0.0172 e. The maximum Gasteiger partial charge on any atom is 0.0172 e. The zero-order chi connectivity index (χ0) is 8.97. The van der Waals surface area contributed by atoms with Crippen LogP contribution in [0.3, 0.4) is 0 Å².